The van der Waals surface area contributed by atoms with Crippen LogP contribution in [0.4, 0.5) is 0 Å². The zero-order valence-electron chi connectivity index (χ0n) is 15.2. The van der Waals surface area contributed by atoms with Gasteiger partial charge in [-0.25, -0.2) is 0 Å². The van der Waals surface area contributed by atoms with Crippen LogP contribution in [0.15, 0.2) is 28.3 Å². The number of hydrogen-bond donors (Lipinski definition) is 1. The second kappa shape index (κ2) is 10.1. The average Bonchev–Trinajstić information content (AvgIpc) is 2.55. The van der Waals surface area contributed by atoms with Crippen molar-refractivity contribution in [3.8, 4) is 11.5 Å². The summed E-state index contributed by atoms with van der Waals surface area (Å²) in [5, 5.41) is 3.55. The fraction of sp³-hybridized carbons (Fsp3) is 0.600. The van der Waals surface area contributed by atoms with Gasteiger partial charge in [0, 0.05) is 11.0 Å². The molecule has 0 amide bonds. The van der Waals surface area contributed by atoms with E-state index in [1.807, 2.05) is 26.8 Å². The number of hydrogen-bond acceptors (Lipinski definition) is 3. The van der Waals surface area contributed by atoms with Crippen molar-refractivity contribution in [3.05, 3.63) is 33.8 Å². The van der Waals surface area contributed by atoms with E-state index in [-0.39, 0.29) is 6.10 Å². The third-order valence-electron chi connectivity index (χ3n) is 4.10. The van der Waals surface area contributed by atoms with Crippen LogP contribution in [-0.2, 0) is 6.54 Å². The zero-order valence-corrected chi connectivity index (χ0v) is 16.7. The van der Waals surface area contributed by atoms with Gasteiger partial charge in [0.25, 0.3) is 0 Å². The van der Waals surface area contributed by atoms with Gasteiger partial charge in [0.2, 0.25) is 0 Å². The molecule has 0 saturated carbocycles. The van der Waals surface area contributed by atoms with Gasteiger partial charge >= 0.3 is 0 Å². The first-order chi connectivity index (χ1) is 11.6. The molecule has 0 saturated heterocycles. The van der Waals surface area contributed by atoms with Gasteiger partial charge in [-0.1, -0.05) is 27.6 Å². The maximum atomic E-state index is 5.86. The lowest BCUT2D eigenvalue weighted by molar-refractivity contribution is 0.223. The molecule has 24 heavy (non-hydrogen) atoms. The minimum absolute atomic E-state index is 0.129. The van der Waals surface area contributed by atoms with E-state index in [0.717, 1.165) is 35.5 Å². The molecule has 134 valence electrons. The Morgan fingerprint density at radius 1 is 1.21 bits per heavy atom. The predicted molar refractivity (Wildman–Crippen MR) is 104 cm³/mol. The van der Waals surface area contributed by atoms with Gasteiger partial charge in [0.15, 0.2) is 11.5 Å². The number of benzene rings is 1. The molecule has 0 bridgehead atoms. The molecular weight excluding hydrogens is 366 g/mol. The highest BCUT2D eigenvalue weighted by Crippen LogP contribution is 2.34. The molecule has 0 aromatic heterocycles. The van der Waals surface area contributed by atoms with E-state index < -0.39 is 0 Å². The molecule has 0 fully saturated rings. The van der Waals surface area contributed by atoms with Crippen molar-refractivity contribution in [3.63, 3.8) is 0 Å². The van der Waals surface area contributed by atoms with Crippen LogP contribution in [0.2, 0.25) is 0 Å². The van der Waals surface area contributed by atoms with E-state index in [4.69, 9.17) is 9.47 Å². The molecule has 0 heterocycles. The predicted octanol–water partition coefficient (Wildman–Crippen LogP) is 5.62. The Hall–Kier alpha value is -1.00. The minimum Gasteiger partial charge on any atom is -0.490 e. The molecule has 1 aromatic rings. The number of halogens is 1. The van der Waals surface area contributed by atoms with Crippen LogP contribution in [-0.4, -0.2) is 19.3 Å². The van der Waals surface area contributed by atoms with Gasteiger partial charge in [0.05, 0.1) is 12.7 Å². The standard InChI is InChI=1S/C20H30BrNO2/c1-4-23-19-12-17(18(21)13-20(19)24-15(2)3)14-22-11-10-16-8-6-5-7-9-16/h8,12-13,15,22H,4-7,9-11,14H2,1-3H3. The highest BCUT2D eigenvalue weighted by molar-refractivity contribution is 9.10. The maximum absolute atomic E-state index is 5.86. The number of rotatable bonds is 9. The molecule has 0 spiro atoms. The second-order valence-corrected chi connectivity index (χ2v) is 7.38. The summed E-state index contributed by atoms with van der Waals surface area (Å²) in [6, 6.07) is 4.10. The van der Waals surface area contributed by atoms with Crippen molar-refractivity contribution >= 4 is 15.9 Å². The molecule has 4 heteroatoms. The van der Waals surface area contributed by atoms with Crippen LogP contribution in [0.3, 0.4) is 0 Å². The maximum Gasteiger partial charge on any atom is 0.162 e. The summed E-state index contributed by atoms with van der Waals surface area (Å²) in [5.41, 5.74) is 2.82. The molecule has 0 aliphatic heterocycles. The van der Waals surface area contributed by atoms with Crippen LogP contribution >= 0.6 is 15.9 Å². The fourth-order valence-electron chi connectivity index (χ4n) is 2.93. The Bertz CT molecular complexity index is 555. The first-order valence-electron chi connectivity index (χ1n) is 9.10. The average molecular weight is 396 g/mol. The van der Waals surface area contributed by atoms with E-state index >= 15 is 0 Å². The largest absolute Gasteiger partial charge is 0.490 e. The molecule has 1 aliphatic carbocycles. The van der Waals surface area contributed by atoms with Gasteiger partial charge in [-0.3, -0.25) is 0 Å². The molecule has 1 aromatic carbocycles. The molecule has 3 nitrogen and oxygen atoms in total. The van der Waals surface area contributed by atoms with Crippen molar-refractivity contribution in [1.82, 2.24) is 5.32 Å². The van der Waals surface area contributed by atoms with Crippen molar-refractivity contribution in [1.29, 1.82) is 0 Å². The van der Waals surface area contributed by atoms with Crippen molar-refractivity contribution in [2.24, 2.45) is 0 Å². The molecule has 1 aliphatic rings. The third kappa shape index (κ3) is 6.14. The Kier molecular flexibility index (Phi) is 8.13. The van der Waals surface area contributed by atoms with E-state index in [2.05, 4.69) is 33.4 Å². The number of allylic oxidation sites excluding steroid dienone is 1. The Morgan fingerprint density at radius 3 is 2.71 bits per heavy atom. The third-order valence-corrected chi connectivity index (χ3v) is 4.84. The van der Waals surface area contributed by atoms with Crippen molar-refractivity contribution in [2.45, 2.75) is 65.5 Å². The van der Waals surface area contributed by atoms with E-state index in [1.54, 1.807) is 5.57 Å². The topological polar surface area (TPSA) is 30.5 Å². The van der Waals surface area contributed by atoms with Gasteiger partial charge in [-0.15, -0.1) is 0 Å². The molecule has 0 atom stereocenters. The monoisotopic (exact) mass is 395 g/mol. The second-order valence-electron chi connectivity index (χ2n) is 6.52. The summed E-state index contributed by atoms with van der Waals surface area (Å²) in [6.07, 6.45) is 8.96. The van der Waals surface area contributed by atoms with Gasteiger partial charge in [-0.05, 0) is 77.1 Å². The van der Waals surface area contributed by atoms with Crippen LogP contribution in [0.25, 0.3) is 0 Å². The highest BCUT2D eigenvalue weighted by Gasteiger charge is 2.12. The molecule has 2 rings (SSSR count). The lowest BCUT2D eigenvalue weighted by atomic mass is 9.97. The summed E-state index contributed by atoms with van der Waals surface area (Å²) < 4.78 is 12.7. The number of ether oxygens (including phenoxy) is 2. The van der Waals surface area contributed by atoms with Gasteiger partial charge in [0.1, 0.15) is 0 Å². The van der Waals surface area contributed by atoms with Crippen LogP contribution in [0, 0.1) is 0 Å². The summed E-state index contributed by atoms with van der Waals surface area (Å²) in [7, 11) is 0. The van der Waals surface area contributed by atoms with Crippen LogP contribution in [0.1, 0.15) is 58.4 Å². The quantitative estimate of drug-likeness (QED) is 0.434. The van der Waals surface area contributed by atoms with Crippen molar-refractivity contribution < 1.29 is 9.47 Å². The van der Waals surface area contributed by atoms with E-state index in [9.17, 15) is 0 Å². The van der Waals surface area contributed by atoms with Crippen LogP contribution in [0.5, 0.6) is 11.5 Å². The Labute approximate surface area is 154 Å². The molecule has 0 radical (unpaired) electrons. The van der Waals surface area contributed by atoms with Crippen LogP contribution < -0.4 is 14.8 Å². The summed E-state index contributed by atoms with van der Waals surface area (Å²) in [5.74, 6) is 1.62. The summed E-state index contributed by atoms with van der Waals surface area (Å²) in [4.78, 5) is 0. The highest BCUT2D eigenvalue weighted by atomic mass is 79.9. The lowest BCUT2D eigenvalue weighted by Crippen LogP contribution is -2.16. The smallest absolute Gasteiger partial charge is 0.162 e. The Morgan fingerprint density at radius 2 is 2.04 bits per heavy atom. The molecule has 1 N–H and O–H groups in total. The SMILES string of the molecule is CCOc1cc(CNCCC2=CCCCC2)c(Br)cc1OC(C)C. The fourth-order valence-corrected chi connectivity index (χ4v) is 3.39. The zero-order chi connectivity index (χ0) is 17.4. The number of nitrogens with one attached hydrogen (secondary N) is 1. The normalized spacial score (nSPS) is 14.6. The minimum atomic E-state index is 0.129. The molecular formula is C20H30BrNO2. The van der Waals surface area contributed by atoms with Crippen molar-refractivity contribution in [2.75, 3.05) is 13.2 Å². The van der Waals surface area contributed by atoms with Gasteiger partial charge in [-0.2, -0.15) is 0 Å². The summed E-state index contributed by atoms with van der Waals surface area (Å²) in [6.45, 7) is 8.54. The van der Waals surface area contributed by atoms with E-state index in [0.29, 0.717) is 6.61 Å². The Balaban J connectivity index is 1.93. The first kappa shape index (κ1) is 19.3. The lowest BCUT2D eigenvalue weighted by Gasteiger charge is -2.17. The van der Waals surface area contributed by atoms with E-state index in [1.165, 1.54) is 31.2 Å². The molecule has 0 unspecified atom stereocenters. The van der Waals surface area contributed by atoms with Gasteiger partial charge < -0.3 is 14.8 Å². The summed E-state index contributed by atoms with van der Waals surface area (Å²) >= 11 is 3.66. The first-order valence-corrected chi connectivity index (χ1v) is 9.90.